The molecule has 52 heavy (non-hydrogen) atoms. The maximum Gasteiger partial charge on any atom is 0.303 e. The van der Waals surface area contributed by atoms with Crippen LogP contribution in [0.2, 0.25) is 0 Å². The summed E-state index contributed by atoms with van der Waals surface area (Å²) in [6.45, 7) is 0.371. The average molecular weight is 737 g/mol. The normalized spacial score (nSPS) is 15.9. The molecular weight excluding hydrogens is 692 g/mol. The van der Waals surface area contributed by atoms with Gasteiger partial charge in [-0.2, -0.15) is 0 Å². The minimum Gasteiger partial charge on any atom is -0.481 e. The fourth-order valence-electron chi connectivity index (χ4n) is 6.50. The van der Waals surface area contributed by atoms with Gasteiger partial charge in [0.25, 0.3) is 0 Å². The highest BCUT2D eigenvalue weighted by molar-refractivity contribution is 6.27. The molecule has 1 saturated heterocycles. The number of aliphatic imine (C=N–C) groups is 1. The Kier molecular flexibility index (Phi) is 14.1. The Morgan fingerprint density at radius 3 is 2.12 bits per heavy atom. The number of amides is 5. The Balaban J connectivity index is 1.68. The van der Waals surface area contributed by atoms with E-state index in [9.17, 15) is 33.9 Å². The van der Waals surface area contributed by atoms with Crippen molar-refractivity contribution in [3.05, 3.63) is 60.2 Å². The zero-order valence-corrected chi connectivity index (χ0v) is 29.4. The Morgan fingerprint density at radius 2 is 1.52 bits per heavy atom. The van der Waals surface area contributed by atoms with Crippen LogP contribution < -0.4 is 33.2 Å². The molecule has 15 nitrogen and oxygen atoms in total. The molecule has 1 fully saturated rings. The molecule has 0 saturated carbocycles. The summed E-state index contributed by atoms with van der Waals surface area (Å²) in [5.41, 5.74) is 17.3. The van der Waals surface area contributed by atoms with Gasteiger partial charge in [-0.15, -0.1) is 11.6 Å². The number of aliphatic carboxylic acids is 1. The quantitative estimate of drug-likeness (QED) is 0.0343. The number of benzene rings is 3. The van der Waals surface area contributed by atoms with Crippen LogP contribution in [0.3, 0.4) is 0 Å². The molecule has 0 aromatic heterocycles. The van der Waals surface area contributed by atoms with Crippen molar-refractivity contribution in [2.75, 3.05) is 19.0 Å². The van der Waals surface area contributed by atoms with E-state index in [1.165, 1.54) is 4.90 Å². The summed E-state index contributed by atoms with van der Waals surface area (Å²) >= 11 is 5.66. The number of nitrogens with two attached hydrogens (primary N) is 3. The van der Waals surface area contributed by atoms with E-state index in [4.69, 9.17) is 28.8 Å². The second-order valence-electron chi connectivity index (χ2n) is 12.7. The lowest BCUT2D eigenvalue weighted by molar-refractivity contribution is -0.146. The number of rotatable bonds is 17. The summed E-state index contributed by atoms with van der Waals surface area (Å²) in [5.74, 6) is -5.09. The lowest BCUT2D eigenvalue weighted by atomic mass is 9.91. The van der Waals surface area contributed by atoms with Crippen molar-refractivity contribution in [2.24, 2.45) is 22.2 Å². The third-order valence-electron chi connectivity index (χ3n) is 9.02. The van der Waals surface area contributed by atoms with Crippen molar-refractivity contribution in [1.29, 1.82) is 0 Å². The molecule has 1 heterocycles. The van der Waals surface area contributed by atoms with Gasteiger partial charge in [0, 0.05) is 25.9 Å². The molecule has 0 bridgehead atoms. The van der Waals surface area contributed by atoms with Gasteiger partial charge in [-0.05, 0) is 71.7 Å². The lowest BCUT2D eigenvalue weighted by Gasteiger charge is -2.37. The summed E-state index contributed by atoms with van der Waals surface area (Å²) in [5, 5.41) is 20.9. The van der Waals surface area contributed by atoms with Crippen molar-refractivity contribution in [1.82, 2.24) is 20.9 Å². The summed E-state index contributed by atoms with van der Waals surface area (Å²) in [7, 11) is 0. The van der Waals surface area contributed by atoms with Gasteiger partial charge in [0.15, 0.2) is 5.96 Å². The SMILES string of the molecule is NC(=O)[C@H](CCCN=C(N)N)NC(=O)C(Cc1c2ccccc2cc2ccccc12)NC(=O)[C@@H]1CCCCN1C(=O)[C@H](CCC(=O)O)NC(=O)CCl. The number of nitrogens with zero attached hydrogens (tertiary/aromatic N) is 2. The fourth-order valence-corrected chi connectivity index (χ4v) is 6.57. The van der Waals surface area contributed by atoms with Crippen molar-refractivity contribution in [3.8, 4) is 0 Å². The number of alkyl halides is 1. The maximum absolute atomic E-state index is 14.2. The van der Waals surface area contributed by atoms with Crippen LogP contribution in [0.4, 0.5) is 0 Å². The molecule has 4 rings (SSSR count). The minimum atomic E-state index is -1.23. The zero-order valence-electron chi connectivity index (χ0n) is 28.7. The number of nitrogens with one attached hydrogen (secondary N) is 3. The first-order chi connectivity index (χ1) is 24.9. The first-order valence-electron chi connectivity index (χ1n) is 17.1. The smallest absolute Gasteiger partial charge is 0.303 e. The molecule has 0 radical (unpaired) electrons. The third-order valence-corrected chi connectivity index (χ3v) is 9.26. The van der Waals surface area contributed by atoms with Gasteiger partial charge in [-0.3, -0.25) is 33.8 Å². The number of halogens is 1. The van der Waals surface area contributed by atoms with Gasteiger partial charge in [0.2, 0.25) is 29.5 Å². The van der Waals surface area contributed by atoms with Crippen LogP contribution in [0.1, 0.15) is 50.5 Å². The molecule has 0 aliphatic carbocycles. The summed E-state index contributed by atoms with van der Waals surface area (Å²) in [6, 6.07) is 12.8. The van der Waals surface area contributed by atoms with Crippen LogP contribution in [0.15, 0.2) is 59.6 Å². The first kappa shape index (κ1) is 39.3. The molecular formula is C36H45ClN8O7. The van der Waals surface area contributed by atoms with Gasteiger partial charge in [0.05, 0.1) is 0 Å². The van der Waals surface area contributed by atoms with Crippen LogP contribution in [0, 0.1) is 0 Å². The number of carboxylic acid groups (broad SMARTS) is 1. The summed E-state index contributed by atoms with van der Waals surface area (Å²) < 4.78 is 0. The monoisotopic (exact) mass is 736 g/mol. The average Bonchev–Trinajstić information content (AvgIpc) is 3.13. The van der Waals surface area contributed by atoms with Crippen molar-refractivity contribution in [2.45, 2.75) is 75.5 Å². The molecule has 5 amide bonds. The van der Waals surface area contributed by atoms with Crippen LogP contribution in [0.25, 0.3) is 21.5 Å². The van der Waals surface area contributed by atoms with Gasteiger partial charge in [0.1, 0.15) is 30.0 Å². The largest absolute Gasteiger partial charge is 0.481 e. The van der Waals surface area contributed by atoms with Gasteiger partial charge >= 0.3 is 5.97 Å². The number of primary amides is 1. The Hall–Kier alpha value is -5.44. The molecule has 0 spiro atoms. The highest BCUT2D eigenvalue weighted by Crippen LogP contribution is 2.30. The van der Waals surface area contributed by atoms with Crippen LogP contribution >= 0.6 is 11.6 Å². The second-order valence-corrected chi connectivity index (χ2v) is 13.0. The summed E-state index contributed by atoms with van der Waals surface area (Å²) in [4.78, 5) is 83.3. The molecule has 16 heteroatoms. The number of hydrogen-bond acceptors (Lipinski definition) is 7. The van der Waals surface area contributed by atoms with Crippen LogP contribution in [-0.2, 0) is 35.2 Å². The predicted molar refractivity (Wildman–Crippen MR) is 197 cm³/mol. The molecule has 10 N–H and O–H groups in total. The zero-order chi connectivity index (χ0) is 37.8. The molecule has 1 unspecified atom stereocenters. The highest BCUT2D eigenvalue weighted by atomic mass is 35.5. The highest BCUT2D eigenvalue weighted by Gasteiger charge is 2.38. The van der Waals surface area contributed by atoms with Crippen LogP contribution in [0.5, 0.6) is 0 Å². The minimum absolute atomic E-state index is 0.0204. The number of guanidine groups is 1. The topological polar surface area (TPSA) is 252 Å². The standard InChI is InChI=1S/C36H45ClN8O7/c37-20-30(46)42-27(14-15-31(47)48)35(52)45-17-6-5-13-29(45)34(51)44-28(33(50)43-26(32(38)49)12-7-16-41-36(39)40)19-25-23-10-3-1-8-21(23)18-22-9-2-4-11-24(22)25/h1-4,8-11,18,26-29H,5-7,12-17,19-20H2,(H2,38,49)(H,42,46)(H,43,50)(H,44,51)(H,47,48)(H4,39,40,41)/t26-,27-,28?,29-/m0/s1. The van der Waals surface area contributed by atoms with E-state index in [2.05, 4.69) is 20.9 Å². The number of piperidine rings is 1. The fraction of sp³-hybridized carbons (Fsp3) is 0.417. The number of fused-ring (bicyclic) bond motifs is 2. The van der Waals surface area contributed by atoms with Crippen molar-refractivity contribution in [3.63, 3.8) is 0 Å². The maximum atomic E-state index is 14.2. The second kappa shape index (κ2) is 18.7. The lowest BCUT2D eigenvalue weighted by Crippen LogP contribution is -2.60. The number of hydrogen-bond donors (Lipinski definition) is 7. The van der Waals surface area contributed by atoms with E-state index < -0.39 is 72.0 Å². The van der Waals surface area contributed by atoms with Crippen molar-refractivity contribution >= 4 is 74.6 Å². The number of carbonyl (C=O) groups is 6. The summed E-state index contributed by atoms with van der Waals surface area (Å²) in [6.07, 6.45) is 1.29. The Morgan fingerprint density at radius 1 is 0.865 bits per heavy atom. The van der Waals surface area contributed by atoms with Gasteiger partial charge in [-0.1, -0.05) is 48.5 Å². The molecule has 3 aromatic carbocycles. The third kappa shape index (κ3) is 10.5. The Bertz CT molecular complexity index is 1780. The van der Waals surface area contributed by atoms with Gasteiger partial charge < -0.3 is 43.2 Å². The molecule has 1 aliphatic heterocycles. The van der Waals surface area contributed by atoms with E-state index in [1.807, 2.05) is 54.6 Å². The van der Waals surface area contributed by atoms with E-state index >= 15 is 0 Å². The van der Waals surface area contributed by atoms with E-state index in [-0.39, 0.29) is 44.7 Å². The molecule has 4 atom stereocenters. The van der Waals surface area contributed by atoms with Crippen LogP contribution in [-0.4, -0.2) is 94.6 Å². The number of carboxylic acids is 1. The van der Waals surface area contributed by atoms with E-state index in [0.717, 1.165) is 27.1 Å². The van der Waals surface area contributed by atoms with Gasteiger partial charge in [-0.25, -0.2) is 0 Å². The van der Waals surface area contributed by atoms with Crippen molar-refractivity contribution < 1.29 is 33.9 Å². The number of likely N-dealkylation sites (tertiary alicyclic amines) is 1. The first-order valence-corrected chi connectivity index (χ1v) is 17.7. The molecule has 278 valence electrons. The number of carbonyl (C=O) groups excluding carboxylic acids is 5. The predicted octanol–water partition coefficient (Wildman–Crippen LogP) is 1.01. The van der Waals surface area contributed by atoms with E-state index in [0.29, 0.717) is 19.3 Å². The molecule has 3 aromatic rings. The molecule has 1 aliphatic rings. The van der Waals surface area contributed by atoms with E-state index in [1.54, 1.807) is 0 Å². The Labute approximate surface area is 305 Å².